The highest BCUT2D eigenvalue weighted by molar-refractivity contribution is 6.37. The van der Waals surface area contributed by atoms with Gasteiger partial charge in [-0.05, 0) is 58.0 Å². The first-order valence-corrected chi connectivity index (χ1v) is 16.8. The number of anilines is 1. The Labute approximate surface area is 299 Å². The molecule has 0 N–H and O–H groups in total. The summed E-state index contributed by atoms with van der Waals surface area (Å²) < 4.78 is 1.82. The quantitative estimate of drug-likeness (QED) is 0.136. The Hall–Kier alpha value is -7.54. The number of fused-ring (bicyclic) bond motifs is 4. The van der Waals surface area contributed by atoms with E-state index < -0.39 is 11.8 Å². The van der Waals surface area contributed by atoms with Crippen LogP contribution < -0.4 is 4.90 Å². The van der Waals surface area contributed by atoms with E-state index in [1.54, 1.807) is 30.3 Å². The van der Waals surface area contributed by atoms with E-state index in [1.165, 1.54) is 4.90 Å². The Balaban J connectivity index is 1.35. The van der Waals surface area contributed by atoms with Gasteiger partial charge < -0.3 is 4.57 Å². The molecule has 8 aromatic rings. The topological polar surface area (TPSA) is 70.5 Å². The van der Waals surface area contributed by atoms with Crippen molar-refractivity contribution >= 4 is 45.0 Å². The van der Waals surface area contributed by atoms with Crippen molar-refractivity contribution in [1.29, 1.82) is 5.26 Å². The molecule has 0 unspecified atom stereocenters. The number of hydrogen-bond acceptors (Lipinski definition) is 3. The van der Waals surface area contributed by atoms with Gasteiger partial charge in [0.15, 0.2) is 0 Å². The second kappa shape index (κ2) is 12.1. The third kappa shape index (κ3) is 4.56. The molecule has 242 valence electrons. The van der Waals surface area contributed by atoms with Gasteiger partial charge in [0.2, 0.25) is 5.69 Å². The molecule has 0 radical (unpaired) electrons. The number of para-hydroxylation sites is 2. The number of carbonyl (C=O) groups is 2. The lowest BCUT2D eigenvalue weighted by atomic mass is 9.90. The molecular formula is C46H26N4O2. The van der Waals surface area contributed by atoms with Gasteiger partial charge in [-0.25, -0.2) is 9.74 Å². The number of aromatic nitrogens is 1. The lowest BCUT2D eigenvalue weighted by Gasteiger charge is -2.24. The van der Waals surface area contributed by atoms with E-state index in [0.717, 1.165) is 44.2 Å². The second-order valence-electron chi connectivity index (χ2n) is 12.6. The zero-order valence-corrected chi connectivity index (χ0v) is 27.6. The van der Waals surface area contributed by atoms with E-state index in [9.17, 15) is 10.1 Å². The van der Waals surface area contributed by atoms with Crippen molar-refractivity contribution in [1.82, 2.24) is 4.57 Å². The van der Waals surface area contributed by atoms with Crippen LogP contribution in [-0.4, -0.2) is 16.4 Å². The zero-order valence-electron chi connectivity index (χ0n) is 27.6. The largest absolute Gasteiger partial charge is 0.317 e. The van der Waals surface area contributed by atoms with Crippen LogP contribution in [0.5, 0.6) is 0 Å². The standard InChI is InChI=1S/C46H26N4O2/c1-48-39-24-12-22-35-34-21-11-20-32(28-47)42(34)49(44(35)39)40-25-13-23-36-41(40)46(52)50(45(36)51)43-37(30-16-7-3-8-17-30)26-33(29-14-5-2-6-15-29)27-38(43)31-18-9-4-10-19-31/h2-27H. The molecule has 0 saturated carbocycles. The molecule has 0 saturated heterocycles. The summed E-state index contributed by atoms with van der Waals surface area (Å²) in [4.78, 5) is 35.2. The van der Waals surface area contributed by atoms with E-state index in [4.69, 9.17) is 6.57 Å². The minimum Gasteiger partial charge on any atom is -0.317 e. The molecule has 1 aromatic heterocycles. The molecule has 2 heterocycles. The second-order valence-corrected chi connectivity index (χ2v) is 12.6. The molecule has 1 aliphatic rings. The molecule has 0 bridgehead atoms. The first-order chi connectivity index (χ1) is 25.6. The fraction of sp³-hybridized carbons (Fsp3) is 0. The van der Waals surface area contributed by atoms with E-state index >= 15 is 4.79 Å². The fourth-order valence-corrected chi connectivity index (χ4v) is 7.52. The van der Waals surface area contributed by atoms with Gasteiger partial charge in [0.25, 0.3) is 11.8 Å². The number of carbonyl (C=O) groups excluding carboxylic acids is 2. The van der Waals surface area contributed by atoms with E-state index in [-0.39, 0.29) is 11.1 Å². The SMILES string of the molecule is [C-]#[N+]c1cccc2c3cccc(C#N)c3n(-c3cccc4c3C(=O)N(c3c(-c5ccccc5)cc(-c5ccccc5)cc3-c3ccccc3)C4=O)c12. The number of amides is 2. The summed E-state index contributed by atoms with van der Waals surface area (Å²) >= 11 is 0. The van der Waals surface area contributed by atoms with Crippen LogP contribution in [-0.2, 0) is 0 Å². The summed E-state index contributed by atoms with van der Waals surface area (Å²) in [6, 6.07) is 52.2. The highest BCUT2D eigenvalue weighted by Crippen LogP contribution is 2.47. The van der Waals surface area contributed by atoms with Crippen molar-refractivity contribution in [2.24, 2.45) is 0 Å². The van der Waals surface area contributed by atoms with Gasteiger partial charge in [0, 0.05) is 16.5 Å². The maximum atomic E-state index is 15.2. The number of benzene rings is 7. The van der Waals surface area contributed by atoms with Crippen molar-refractivity contribution in [3.63, 3.8) is 0 Å². The smallest absolute Gasteiger partial charge is 0.268 e. The van der Waals surface area contributed by atoms with Crippen molar-refractivity contribution < 1.29 is 9.59 Å². The van der Waals surface area contributed by atoms with Crippen molar-refractivity contribution in [2.75, 3.05) is 4.90 Å². The van der Waals surface area contributed by atoms with Crippen molar-refractivity contribution in [2.45, 2.75) is 0 Å². The summed E-state index contributed by atoms with van der Waals surface area (Å²) in [7, 11) is 0. The Morgan fingerprint density at radius 2 is 1.10 bits per heavy atom. The minimum atomic E-state index is -0.484. The average molecular weight is 667 g/mol. The molecule has 6 nitrogen and oxygen atoms in total. The van der Waals surface area contributed by atoms with Gasteiger partial charge in [-0.15, -0.1) is 0 Å². The highest BCUT2D eigenvalue weighted by Gasteiger charge is 2.42. The van der Waals surface area contributed by atoms with Crippen molar-refractivity contribution in [3.05, 3.63) is 186 Å². The molecule has 7 aromatic carbocycles. The van der Waals surface area contributed by atoms with Crippen molar-refractivity contribution in [3.8, 4) is 45.1 Å². The van der Waals surface area contributed by atoms with Crippen LogP contribution in [0.2, 0.25) is 0 Å². The Kier molecular flexibility index (Phi) is 7.10. The van der Waals surface area contributed by atoms with Crippen LogP contribution in [0.15, 0.2) is 158 Å². The molecule has 1 aliphatic heterocycles. The summed E-state index contributed by atoms with van der Waals surface area (Å²) in [5, 5.41) is 11.8. The summed E-state index contributed by atoms with van der Waals surface area (Å²) in [5.74, 6) is -0.933. The third-order valence-corrected chi connectivity index (χ3v) is 9.77. The molecular weight excluding hydrogens is 641 g/mol. The van der Waals surface area contributed by atoms with Gasteiger partial charge in [-0.1, -0.05) is 127 Å². The number of rotatable bonds is 5. The lowest BCUT2D eigenvalue weighted by Crippen LogP contribution is -2.30. The van der Waals surface area contributed by atoms with Gasteiger partial charge in [-0.2, -0.15) is 5.26 Å². The summed E-state index contributed by atoms with van der Waals surface area (Å²) in [6.45, 7) is 8.03. The maximum Gasteiger partial charge on any atom is 0.268 e. The zero-order chi connectivity index (χ0) is 35.3. The van der Waals surface area contributed by atoms with Gasteiger partial charge in [0.1, 0.15) is 6.07 Å². The van der Waals surface area contributed by atoms with Crippen LogP contribution in [0.1, 0.15) is 26.3 Å². The minimum absolute atomic E-state index is 0.212. The Morgan fingerprint density at radius 3 is 1.69 bits per heavy atom. The van der Waals surface area contributed by atoms with E-state index in [2.05, 4.69) is 10.9 Å². The van der Waals surface area contributed by atoms with Crippen LogP contribution in [0, 0.1) is 17.9 Å². The first-order valence-electron chi connectivity index (χ1n) is 16.8. The number of nitriles is 1. The molecule has 2 amide bonds. The van der Waals surface area contributed by atoms with Crippen LogP contribution >= 0.6 is 0 Å². The maximum absolute atomic E-state index is 15.2. The van der Waals surface area contributed by atoms with Gasteiger partial charge in [-0.3, -0.25) is 9.59 Å². The Morgan fingerprint density at radius 1 is 0.538 bits per heavy atom. The molecule has 0 aliphatic carbocycles. The van der Waals surface area contributed by atoms with Crippen LogP contribution in [0.3, 0.4) is 0 Å². The summed E-state index contributed by atoms with van der Waals surface area (Å²) in [5.41, 5.74) is 8.41. The summed E-state index contributed by atoms with van der Waals surface area (Å²) in [6.07, 6.45) is 0. The molecule has 0 fully saturated rings. The average Bonchev–Trinajstić information content (AvgIpc) is 3.69. The number of hydrogen-bond donors (Lipinski definition) is 0. The van der Waals surface area contributed by atoms with E-state index in [1.807, 2.05) is 132 Å². The van der Waals surface area contributed by atoms with E-state index in [0.29, 0.717) is 33.7 Å². The number of nitrogens with zero attached hydrogens (tertiary/aromatic N) is 4. The lowest BCUT2D eigenvalue weighted by molar-refractivity contribution is 0.0926. The monoisotopic (exact) mass is 666 g/mol. The van der Waals surface area contributed by atoms with Crippen LogP contribution in [0.4, 0.5) is 11.4 Å². The third-order valence-electron chi connectivity index (χ3n) is 9.77. The molecule has 0 atom stereocenters. The fourth-order valence-electron chi connectivity index (χ4n) is 7.52. The molecule has 52 heavy (non-hydrogen) atoms. The normalized spacial score (nSPS) is 12.2. The molecule has 6 heteroatoms. The van der Waals surface area contributed by atoms with Crippen LogP contribution in [0.25, 0.3) is 65.7 Å². The first kappa shape index (κ1) is 30.5. The highest BCUT2D eigenvalue weighted by atomic mass is 16.2. The predicted octanol–water partition coefficient (Wildman–Crippen LogP) is 11.0. The van der Waals surface area contributed by atoms with Gasteiger partial charge >= 0.3 is 0 Å². The molecule has 9 rings (SSSR count). The number of imide groups is 1. The predicted molar refractivity (Wildman–Crippen MR) is 206 cm³/mol. The Bertz CT molecular complexity index is 2710. The molecule has 0 spiro atoms. The van der Waals surface area contributed by atoms with Gasteiger partial charge in [0.05, 0.1) is 45.7 Å².